The molecule has 4 aliphatic carbocycles. The fourth-order valence-electron chi connectivity index (χ4n) is 6.02. The van der Waals surface area contributed by atoms with E-state index in [4.69, 9.17) is 0 Å². The van der Waals surface area contributed by atoms with Gasteiger partial charge < -0.3 is 5.32 Å². The normalized spacial score (nSPS) is 30.4. The number of nitrogens with one attached hydrogen (secondary N) is 1. The molecular weight excluding hydrogens is 358 g/mol. The van der Waals surface area contributed by atoms with E-state index in [1.54, 1.807) is 23.1 Å². The number of amides is 1. The van der Waals surface area contributed by atoms with Crippen LogP contribution in [-0.4, -0.2) is 25.6 Å². The Morgan fingerprint density at radius 1 is 1.25 bits per heavy atom. The van der Waals surface area contributed by atoms with Crippen molar-refractivity contribution in [3.05, 3.63) is 52.1 Å². The van der Waals surface area contributed by atoms with Crippen LogP contribution in [0.3, 0.4) is 0 Å². The molecule has 4 saturated carbocycles. The lowest BCUT2D eigenvalue weighted by Crippen LogP contribution is -2.52. The Bertz CT molecular complexity index is 888. The minimum Gasteiger partial charge on any atom is -0.346 e. The molecule has 4 fully saturated rings. The zero-order chi connectivity index (χ0) is 19.3. The zero-order valence-electron chi connectivity index (χ0n) is 15.6. The second-order valence-corrected chi connectivity index (χ2v) is 8.75. The summed E-state index contributed by atoms with van der Waals surface area (Å²) in [5.41, 5.74) is 0.379. The molecule has 2 aromatic rings. The van der Waals surface area contributed by atoms with Gasteiger partial charge in [-0.25, -0.2) is 0 Å². The first kappa shape index (κ1) is 17.3. The van der Waals surface area contributed by atoms with Crippen LogP contribution in [0.2, 0.25) is 0 Å². The van der Waals surface area contributed by atoms with Gasteiger partial charge in [-0.1, -0.05) is 6.07 Å². The van der Waals surface area contributed by atoms with Crippen molar-refractivity contribution < 1.29 is 9.72 Å². The van der Waals surface area contributed by atoms with E-state index in [-0.39, 0.29) is 23.5 Å². The molecule has 0 radical (unpaired) electrons. The van der Waals surface area contributed by atoms with Gasteiger partial charge in [0.15, 0.2) is 0 Å². The summed E-state index contributed by atoms with van der Waals surface area (Å²) in [5, 5.41) is 18.8. The van der Waals surface area contributed by atoms with Gasteiger partial charge in [0.2, 0.25) is 5.69 Å². The highest BCUT2D eigenvalue weighted by Crippen LogP contribution is 2.58. The van der Waals surface area contributed by atoms with Gasteiger partial charge in [-0.15, -0.1) is 0 Å². The highest BCUT2D eigenvalue weighted by Gasteiger charge is 2.53. The maximum atomic E-state index is 12.7. The van der Waals surface area contributed by atoms with Crippen molar-refractivity contribution in [3.8, 4) is 0 Å². The second-order valence-electron chi connectivity index (χ2n) is 8.75. The van der Waals surface area contributed by atoms with E-state index in [0.717, 1.165) is 24.8 Å². The summed E-state index contributed by atoms with van der Waals surface area (Å²) in [5.74, 6) is 1.56. The fourth-order valence-corrected chi connectivity index (χ4v) is 6.02. The molecule has 2 heterocycles. The lowest BCUT2D eigenvalue weighted by molar-refractivity contribution is -0.385. The lowest BCUT2D eigenvalue weighted by atomic mass is 9.53. The van der Waals surface area contributed by atoms with E-state index in [2.05, 4.69) is 15.4 Å². The van der Waals surface area contributed by atoms with Crippen molar-refractivity contribution in [2.75, 3.05) is 0 Å². The number of carbonyl (C=O) groups excluding carboxylic acids is 1. The van der Waals surface area contributed by atoms with Crippen LogP contribution in [0, 0.1) is 27.9 Å². The summed E-state index contributed by atoms with van der Waals surface area (Å²) in [7, 11) is 0. The van der Waals surface area contributed by atoms with Crippen LogP contribution in [0.25, 0.3) is 0 Å². The van der Waals surface area contributed by atoms with E-state index in [9.17, 15) is 14.9 Å². The van der Waals surface area contributed by atoms with Crippen LogP contribution < -0.4 is 5.32 Å². The summed E-state index contributed by atoms with van der Waals surface area (Å²) in [6, 6.07) is 3.63. The third-order valence-corrected chi connectivity index (χ3v) is 6.77. The quantitative estimate of drug-likeness (QED) is 0.633. The Morgan fingerprint density at radius 2 is 1.93 bits per heavy atom. The van der Waals surface area contributed by atoms with Crippen LogP contribution in [0.5, 0.6) is 0 Å². The smallest absolute Gasteiger partial charge is 0.320 e. The maximum Gasteiger partial charge on any atom is 0.320 e. The van der Waals surface area contributed by atoms with Gasteiger partial charge in [0, 0.05) is 18.9 Å². The van der Waals surface area contributed by atoms with Crippen molar-refractivity contribution in [2.24, 2.45) is 17.8 Å². The Labute approximate surface area is 162 Å². The number of nitro groups is 1. The average Bonchev–Trinajstić information content (AvgIpc) is 3.13. The number of nitrogens with zero attached hydrogens (tertiary/aromatic N) is 4. The number of rotatable bonds is 5. The third kappa shape index (κ3) is 2.87. The van der Waals surface area contributed by atoms with Gasteiger partial charge in [0.25, 0.3) is 5.91 Å². The molecule has 1 amide bonds. The van der Waals surface area contributed by atoms with Gasteiger partial charge in [0.1, 0.15) is 6.20 Å². The van der Waals surface area contributed by atoms with Crippen molar-refractivity contribution in [1.29, 1.82) is 0 Å². The van der Waals surface area contributed by atoms with Crippen molar-refractivity contribution in [3.63, 3.8) is 0 Å². The molecule has 6 rings (SSSR count). The molecule has 8 nitrogen and oxygen atoms in total. The molecule has 0 aromatic carbocycles. The number of pyridine rings is 1. The molecule has 4 bridgehead atoms. The molecule has 146 valence electrons. The third-order valence-electron chi connectivity index (χ3n) is 6.77. The molecule has 0 atom stereocenters. The first-order valence-electron chi connectivity index (χ1n) is 9.94. The van der Waals surface area contributed by atoms with Crippen LogP contribution >= 0.6 is 0 Å². The summed E-state index contributed by atoms with van der Waals surface area (Å²) in [6.07, 6.45) is 11.7. The molecule has 4 aliphatic rings. The highest BCUT2D eigenvalue weighted by atomic mass is 16.6. The topological polar surface area (TPSA) is 103 Å². The van der Waals surface area contributed by atoms with Crippen molar-refractivity contribution >= 4 is 11.6 Å². The monoisotopic (exact) mass is 381 g/mol. The Hall–Kier alpha value is -2.77. The van der Waals surface area contributed by atoms with Crippen molar-refractivity contribution in [1.82, 2.24) is 20.1 Å². The molecule has 0 aliphatic heterocycles. The highest BCUT2D eigenvalue weighted by molar-refractivity contribution is 5.96. The van der Waals surface area contributed by atoms with Crippen LogP contribution in [0.15, 0.2) is 30.7 Å². The molecule has 1 N–H and O–H groups in total. The Morgan fingerprint density at radius 3 is 2.50 bits per heavy atom. The first-order chi connectivity index (χ1) is 13.5. The minimum atomic E-state index is -0.515. The maximum absolute atomic E-state index is 12.7. The molecule has 2 aromatic heterocycles. The largest absolute Gasteiger partial charge is 0.346 e. The fraction of sp³-hybridized carbons (Fsp3) is 0.550. The van der Waals surface area contributed by atoms with E-state index in [0.29, 0.717) is 17.8 Å². The van der Waals surface area contributed by atoms with Gasteiger partial charge in [-0.2, -0.15) is 5.10 Å². The van der Waals surface area contributed by atoms with Crippen molar-refractivity contribution in [2.45, 2.75) is 50.6 Å². The Kier molecular flexibility index (Phi) is 3.96. The van der Waals surface area contributed by atoms with Gasteiger partial charge in [-0.05, 0) is 67.9 Å². The van der Waals surface area contributed by atoms with E-state index < -0.39 is 10.8 Å². The van der Waals surface area contributed by atoms with E-state index in [1.165, 1.54) is 25.5 Å². The number of hydrogen-bond acceptors (Lipinski definition) is 5. The molecule has 8 heteroatoms. The van der Waals surface area contributed by atoms with Gasteiger partial charge >= 0.3 is 5.69 Å². The summed E-state index contributed by atoms with van der Waals surface area (Å²) in [4.78, 5) is 27.8. The van der Waals surface area contributed by atoms with Crippen LogP contribution in [-0.2, 0) is 12.1 Å². The molecular formula is C20H23N5O3. The summed E-state index contributed by atoms with van der Waals surface area (Å²) < 4.78 is 1.77. The number of carbonyl (C=O) groups is 1. The standard InChI is InChI=1S/C20H23N5O3/c26-19(22-11-13-2-1-3-21-10-13)18-17(25(27)28)12-24(23-18)20-7-14-4-15(8-20)6-16(5-14)9-20/h1-3,10,12,14-16H,4-9,11H2,(H,22,26). The lowest BCUT2D eigenvalue weighted by Gasteiger charge is -2.56. The van der Waals surface area contributed by atoms with Gasteiger partial charge in [-0.3, -0.25) is 24.6 Å². The molecule has 0 spiro atoms. The molecule has 0 saturated heterocycles. The van der Waals surface area contributed by atoms with Gasteiger partial charge in [0.05, 0.1) is 10.5 Å². The second kappa shape index (κ2) is 6.39. The average molecular weight is 381 g/mol. The summed E-state index contributed by atoms with van der Waals surface area (Å²) >= 11 is 0. The number of aromatic nitrogens is 3. The van der Waals surface area contributed by atoms with Crippen LogP contribution in [0.4, 0.5) is 5.69 Å². The SMILES string of the molecule is O=C(NCc1cccnc1)c1nn(C23CC4CC(CC(C4)C2)C3)cc1[N+](=O)[O-]. The van der Waals surface area contributed by atoms with Crippen LogP contribution in [0.1, 0.15) is 54.6 Å². The predicted octanol–water partition coefficient (Wildman–Crippen LogP) is 3.04. The first-order valence-corrected chi connectivity index (χ1v) is 9.94. The number of hydrogen-bond donors (Lipinski definition) is 1. The minimum absolute atomic E-state index is 0.0929. The van der Waals surface area contributed by atoms with E-state index >= 15 is 0 Å². The predicted molar refractivity (Wildman–Crippen MR) is 100 cm³/mol. The Balaban J connectivity index is 1.42. The van der Waals surface area contributed by atoms with E-state index in [1.807, 2.05) is 6.07 Å². The zero-order valence-corrected chi connectivity index (χ0v) is 15.6. The summed E-state index contributed by atoms with van der Waals surface area (Å²) in [6.45, 7) is 0.258. The molecule has 28 heavy (non-hydrogen) atoms. The molecule has 0 unspecified atom stereocenters.